The van der Waals surface area contributed by atoms with Crippen LogP contribution in [0.5, 0.6) is 0 Å². The number of carboxylic acid groups (broad SMARTS) is 1. The summed E-state index contributed by atoms with van der Waals surface area (Å²) in [4.78, 5) is 22.5. The lowest BCUT2D eigenvalue weighted by Crippen LogP contribution is -2.15. The van der Waals surface area contributed by atoms with Crippen LogP contribution in [0.3, 0.4) is 0 Å². The van der Waals surface area contributed by atoms with E-state index in [0.29, 0.717) is 11.5 Å². The Balaban J connectivity index is 3.02. The molecule has 0 atom stereocenters. The number of carbonyl (C=O) groups excluding carboxylic acids is 1. The van der Waals surface area contributed by atoms with E-state index in [9.17, 15) is 9.59 Å². The summed E-state index contributed by atoms with van der Waals surface area (Å²) in [7, 11) is 0. The number of hydrogen-bond donors (Lipinski definition) is 1. The van der Waals surface area contributed by atoms with Crippen molar-refractivity contribution in [2.45, 2.75) is 26.7 Å². The number of hydrogen-bond acceptors (Lipinski definition) is 3. The summed E-state index contributed by atoms with van der Waals surface area (Å²) >= 11 is 0. The molecule has 0 radical (unpaired) electrons. The Morgan fingerprint density at radius 3 is 2.26 bits per heavy atom. The largest absolute Gasteiger partial charge is 0.477 e. The molecule has 0 saturated heterocycles. The molecule has 0 aromatic heterocycles. The summed E-state index contributed by atoms with van der Waals surface area (Å²) in [5.41, 5.74) is 1.46. The third kappa shape index (κ3) is 4.25. The van der Waals surface area contributed by atoms with E-state index in [0.717, 1.165) is 5.56 Å². The van der Waals surface area contributed by atoms with Crippen LogP contribution in [-0.2, 0) is 14.3 Å². The maximum atomic E-state index is 11.5. The highest BCUT2D eigenvalue weighted by Gasteiger charge is 2.18. The van der Waals surface area contributed by atoms with Gasteiger partial charge in [-0.3, -0.25) is 0 Å². The standard InChI is InChI=1S/C15H18O4/c1-4-19-15(18)13(14(16)17)9-11-5-7-12(8-6-11)10(2)3/h5-10H,4H2,1-3H3,(H,16,17)/b13-9-. The maximum Gasteiger partial charge on any atom is 0.345 e. The van der Waals surface area contributed by atoms with Crippen LogP contribution in [0.4, 0.5) is 0 Å². The lowest BCUT2D eigenvalue weighted by Gasteiger charge is -2.06. The molecule has 0 spiro atoms. The van der Waals surface area contributed by atoms with Crippen LogP contribution in [0.1, 0.15) is 37.8 Å². The zero-order valence-electron chi connectivity index (χ0n) is 11.3. The Bertz CT molecular complexity index is 483. The van der Waals surface area contributed by atoms with Gasteiger partial charge in [0.1, 0.15) is 5.57 Å². The fourth-order valence-electron chi connectivity index (χ4n) is 1.56. The van der Waals surface area contributed by atoms with Crippen molar-refractivity contribution in [3.8, 4) is 0 Å². The Hall–Kier alpha value is -2.10. The molecule has 0 aliphatic rings. The second-order valence-corrected chi connectivity index (χ2v) is 4.41. The van der Waals surface area contributed by atoms with E-state index in [2.05, 4.69) is 13.8 Å². The van der Waals surface area contributed by atoms with E-state index in [4.69, 9.17) is 9.84 Å². The molecule has 0 heterocycles. The van der Waals surface area contributed by atoms with Gasteiger partial charge < -0.3 is 9.84 Å². The number of aliphatic carboxylic acids is 1. The molecule has 0 aliphatic heterocycles. The van der Waals surface area contributed by atoms with Crippen molar-refractivity contribution in [3.05, 3.63) is 41.0 Å². The Labute approximate surface area is 112 Å². The third-order valence-electron chi connectivity index (χ3n) is 2.64. The summed E-state index contributed by atoms with van der Waals surface area (Å²) in [5, 5.41) is 9.01. The van der Waals surface area contributed by atoms with Crippen molar-refractivity contribution in [2.24, 2.45) is 0 Å². The number of esters is 1. The Kier molecular flexibility index (Phi) is 5.30. The third-order valence-corrected chi connectivity index (χ3v) is 2.64. The van der Waals surface area contributed by atoms with Gasteiger partial charge in [-0.05, 0) is 30.0 Å². The summed E-state index contributed by atoms with van der Waals surface area (Å²) in [6, 6.07) is 7.41. The van der Waals surface area contributed by atoms with Crippen molar-refractivity contribution < 1.29 is 19.4 Å². The summed E-state index contributed by atoms with van der Waals surface area (Å²) in [5.74, 6) is -1.70. The molecule has 0 amide bonds. The minimum Gasteiger partial charge on any atom is -0.477 e. The van der Waals surface area contributed by atoms with Crippen LogP contribution in [0.2, 0.25) is 0 Å². The molecule has 19 heavy (non-hydrogen) atoms. The molecule has 1 rings (SSSR count). The van der Waals surface area contributed by atoms with Crippen LogP contribution in [0.15, 0.2) is 29.8 Å². The fourth-order valence-corrected chi connectivity index (χ4v) is 1.56. The van der Waals surface area contributed by atoms with Crippen molar-refractivity contribution >= 4 is 18.0 Å². The smallest absolute Gasteiger partial charge is 0.345 e. The first-order chi connectivity index (χ1) is 8.95. The molecule has 1 aromatic rings. The minimum absolute atomic E-state index is 0.149. The molecule has 0 fully saturated rings. The van der Waals surface area contributed by atoms with Crippen molar-refractivity contribution in [2.75, 3.05) is 6.61 Å². The normalized spacial score (nSPS) is 11.5. The number of carboxylic acids is 1. The molecule has 4 heteroatoms. The van der Waals surface area contributed by atoms with Gasteiger partial charge in [0.05, 0.1) is 6.61 Å². The first-order valence-electron chi connectivity index (χ1n) is 6.17. The van der Waals surface area contributed by atoms with Gasteiger partial charge in [0.25, 0.3) is 0 Å². The van der Waals surface area contributed by atoms with Gasteiger partial charge in [-0.1, -0.05) is 38.1 Å². The number of rotatable bonds is 5. The first kappa shape index (κ1) is 15.0. The number of benzene rings is 1. The molecule has 0 saturated carbocycles. The highest BCUT2D eigenvalue weighted by molar-refractivity contribution is 6.16. The van der Waals surface area contributed by atoms with Crippen LogP contribution in [0.25, 0.3) is 6.08 Å². The average molecular weight is 262 g/mol. The molecular formula is C15H18O4. The summed E-state index contributed by atoms with van der Waals surface area (Å²) < 4.78 is 4.71. The molecule has 0 aliphatic carbocycles. The van der Waals surface area contributed by atoms with Crippen molar-refractivity contribution in [1.29, 1.82) is 0 Å². The quantitative estimate of drug-likeness (QED) is 0.383. The summed E-state index contributed by atoms with van der Waals surface area (Å²) in [6.07, 6.45) is 1.32. The first-order valence-corrected chi connectivity index (χ1v) is 6.17. The van der Waals surface area contributed by atoms with E-state index in [-0.39, 0.29) is 12.2 Å². The lowest BCUT2D eigenvalue weighted by molar-refractivity contribution is -0.143. The molecule has 0 bridgehead atoms. The van der Waals surface area contributed by atoms with E-state index < -0.39 is 11.9 Å². The van der Waals surface area contributed by atoms with Gasteiger partial charge in [-0.2, -0.15) is 0 Å². The van der Waals surface area contributed by atoms with Crippen LogP contribution in [0, 0.1) is 0 Å². The van der Waals surface area contributed by atoms with E-state index in [1.165, 1.54) is 6.08 Å². The molecule has 4 nitrogen and oxygen atoms in total. The van der Waals surface area contributed by atoms with E-state index >= 15 is 0 Å². The zero-order chi connectivity index (χ0) is 14.4. The zero-order valence-corrected chi connectivity index (χ0v) is 11.3. The predicted molar refractivity (Wildman–Crippen MR) is 72.8 cm³/mol. The monoisotopic (exact) mass is 262 g/mol. The predicted octanol–water partition coefficient (Wildman–Crippen LogP) is 2.84. The van der Waals surface area contributed by atoms with Crippen LogP contribution >= 0.6 is 0 Å². The van der Waals surface area contributed by atoms with Crippen molar-refractivity contribution in [3.63, 3.8) is 0 Å². The maximum absolute atomic E-state index is 11.5. The van der Waals surface area contributed by atoms with Gasteiger partial charge in [-0.25, -0.2) is 9.59 Å². The fraction of sp³-hybridized carbons (Fsp3) is 0.333. The molecule has 1 N–H and O–H groups in total. The van der Waals surface area contributed by atoms with Crippen LogP contribution < -0.4 is 0 Å². The van der Waals surface area contributed by atoms with E-state index in [1.807, 2.05) is 12.1 Å². The van der Waals surface area contributed by atoms with Crippen molar-refractivity contribution in [1.82, 2.24) is 0 Å². The topological polar surface area (TPSA) is 63.6 Å². The second kappa shape index (κ2) is 6.73. The highest BCUT2D eigenvalue weighted by Crippen LogP contribution is 2.16. The number of carbonyl (C=O) groups is 2. The Morgan fingerprint density at radius 1 is 1.26 bits per heavy atom. The molecular weight excluding hydrogens is 244 g/mol. The highest BCUT2D eigenvalue weighted by atomic mass is 16.5. The average Bonchev–Trinajstić information content (AvgIpc) is 2.36. The van der Waals surface area contributed by atoms with Gasteiger partial charge in [0.2, 0.25) is 0 Å². The van der Waals surface area contributed by atoms with Gasteiger partial charge in [0, 0.05) is 0 Å². The van der Waals surface area contributed by atoms with Gasteiger partial charge in [-0.15, -0.1) is 0 Å². The minimum atomic E-state index is -1.29. The second-order valence-electron chi connectivity index (χ2n) is 4.41. The van der Waals surface area contributed by atoms with Gasteiger partial charge in [0.15, 0.2) is 0 Å². The molecule has 102 valence electrons. The lowest BCUT2D eigenvalue weighted by atomic mass is 10.0. The SMILES string of the molecule is CCOC(=O)/C(=C\c1ccc(C(C)C)cc1)C(=O)O. The van der Waals surface area contributed by atoms with E-state index in [1.54, 1.807) is 19.1 Å². The molecule has 1 aromatic carbocycles. The number of ether oxygens (including phenoxy) is 1. The Morgan fingerprint density at radius 2 is 1.84 bits per heavy atom. The van der Waals surface area contributed by atoms with Gasteiger partial charge >= 0.3 is 11.9 Å². The summed E-state index contributed by atoms with van der Waals surface area (Å²) in [6.45, 7) is 5.93. The van der Waals surface area contributed by atoms with Crippen LogP contribution in [-0.4, -0.2) is 23.7 Å². The molecule has 0 unspecified atom stereocenters.